The molecule has 0 aliphatic carbocycles. The maximum atomic E-state index is 12.4. The van der Waals surface area contributed by atoms with Crippen LogP contribution in [0.25, 0.3) is 16.9 Å². The first-order valence-electron chi connectivity index (χ1n) is 8.14. The molecule has 0 saturated carbocycles. The first kappa shape index (κ1) is 15.8. The van der Waals surface area contributed by atoms with Crippen molar-refractivity contribution in [3.63, 3.8) is 0 Å². The van der Waals surface area contributed by atoms with Crippen LogP contribution in [0.1, 0.15) is 16.1 Å². The minimum Gasteiger partial charge on any atom is -0.346 e. The van der Waals surface area contributed by atoms with Crippen molar-refractivity contribution < 1.29 is 4.79 Å². The van der Waals surface area contributed by atoms with Gasteiger partial charge in [0.25, 0.3) is 5.91 Å². The molecule has 0 unspecified atom stereocenters. The minimum atomic E-state index is -0.178. The van der Waals surface area contributed by atoms with Crippen molar-refractivity contribution in [2.45, 2.75) is 6.54 Å². The van der Waals surface area contributed by atoms with Gasteiger partial charge in [0.05, 0.1) is 30.3 Å². The van der Waals surface area contributed by atoms with Gasteiger partial charge in [-0.15, -0.1) is 0 Å². The first-order chi connectivity index (χ1) is 12.8. The van der Waals surface area contributed by atoms with Crippen LogP contribution in [0.5, 0.6) is 0 Å². The average molecular weight is 344 g/mol. The van der Waals surface area contributed by atoms with Gasteiger partial charge >= 0.3 is 0 Å². The Hall–Kier alpha value is -3.74. The lowest BCUT2D eigenvalue weighted by Gasteiger charge is -2.10. The van der Waals surface area contributed by atoms with E-state index in [0.717, 1.165) is 16.9 Å². The normalized spacial score (nSPS) is 10.6. The summed E-state index contributed by atoms with van der Waals surface area (Å²) in [5.41, 5.74) is 4.08. The molecule has 2 N–H and O–H groups in total. The van der Waals surface area contributed by atoms with Gasteiger partial charge in [0.15, 0.2) is 0 Å². The first-order valence-corrected chi connectivity index (χ1v) is 8.14. The van der Waals surface area contributed by atoms with Crippen molar-refractivity contribution in [2.24, 2.45) is 0 Å². The summed E-state index contributed by atoms with van der Waals surface area (Å²) in [4.78, 5) is 12.4. The fourth-order valence-electron chi connectivity index (χ4n) is 2.70. The molecule has 0 aliphatic rings. The van der Waals surface area contributed by atoms with Crippen LogP contribution in [-0.4, -0.2) is 31.1 Å². The van der Waals surface area contributed by atoms with E-state index in [9.17, 15) is 4.79 Å². The van der Waals surface area contributed by atoms with E-state index >= 15 is 0 Å². The number of amides is 1. The maximum Gasteiger partial charge on any atom is 0.251 e. The number of hydrogen-bond donors (Lipinski definition) is 2. The van der Waals surface area contributed by atoms with Crippen LogP contribution in [0.3, 0.4) is 0 Å². The molecule has 2 aromatic heterocycles. The number of nitrogens with zero attached hydrogens (tertiary/aromatic N) is 4. The van der Waals surface area contributed by atoms with Gasteiger partial charge in [-0.25, -0.2) is 4.68 Å². The molecule has 2 aromatic carbocycles. The predicted molar refractivity (Wildman–Crippen MR) is 96.6 cm³/mol. The van der Waals surface area contributed by atoms with E-state index in [0.29, 0.717) is 17.8 Å². The molecule has 128 valence electrons. The summed E-state index contributed by atoms with van der Waals surface area (Å²) in [6.07, 6.45) is 3.33. The van der Waals surface area contributed by atoms with Crippen LogP contribution < -0.4 is 5.32 Å². The smallest absolute Gasteiger partial charge is 0.251 e. The second-order valence-electron chi connectivity index (χ2n) is 5.69. The monoisotopic (exact) mass is 344 g/mol. The number of rotatable bonds is 5. The van der Waals surface area contributed by atoms with Gasteiger partial charge < -0.3 is 5.32 Å². The number of aromatic amines is 1. The molecule has 0 atom stereocenters. The molecule has 4 rings (SSSR count). The number of H-pyrrole nitrogens is 1. The molecule has 7 nitrogen and oxygen atoms in total. The van der Waals surface area contributed by atoms with Crippen LogP contribution in [0.4, 0.5) is 0 Å². The van der Waals surface area contributed by atoms with Crippen LogP contribution in [0.15, 0.2) is 73.1 Å². The predicted octanol–water partition coefficient (Wildman–Crippen LogP) is 2.59. The molecule has 0 fully saturated rings. The Labute approximate surface area is 149 Å². The largest absolute Gasteiger partial charge is 0.346 e. The molecule has 0 aliphatic heterocycles. The summed E-state index contributed by atoms with van der Waals surface area (Å²) >= 11 is 0. The van der Waals surface area contributed by atoms with E-state index in [-0.39, 0.29) is 5.91 Å². The highest BCUT2D eigenvalue weighted by atomic mass is 16.1. The summed E-state index contributed by atoms with van der Waals surface area (Å²) in [6.45, 7) is 0.316. The summed E-state index contributed by atoms with van der Waals surface area (Å²) in [7, 11) is 0. The quantitative estimate of drug-likeness (QED) is 0.582. The Morgan fingerprint density at radius 3 is 2.77 bits per heavy atom. The molecule has 4 aromatic rings. The second kappa shape index (κ2) is 7.02. The fourth-order valence-corrected chi connectivity index (χ4v) is 2.70. The van der Waals surface area contributed by atoms with Crippen molar-refractivity contribution in [1.82, 2.24) is 30.5 Å². The van der Waals surface area contributed by atoms with Crippen LogP contribution in [0.2, 0.25) is 0 Å². The molecular weight excluding hydrogens is 328 g/mol. The maximum absolute atomic E-state index is 12.4. The Morgan fingerprint density at radius 2 is 1.96 bits per heavy atom. The van der Waals surface area contributed by atoms with Gasteiger partial charge in [-0.1, -0.05) is 36.4 Å². The molecule has 0 bridgehead atoms. The van der Waals surface area contributed by atoms with E-state index in [4.69, 9.17) is 0 Å². The Bertz CT molecular complexity index is 1010. The fraction of sp³-hybridized carbons (Fsp3) is 0.0526. The molecule has 0 spiro atoms. The van der Waals surface area contributed by atoms with Crippen LogP contribution in [0, 0.1) is 0 Å². The Morgan fingerprint density at radius 1 is 1.08 bits per heavy atom. The summed E-state index contributed by atoms with van der Waals surface area (Å²) in [5, 5.41) is 17.4. The Balaban J connectivity index is 1.59. The molecule has 7 heteroatoms. The van der Waals surface area contributed by atoms with E-state index in [1.807, 2.05) is 59.3 Å². The van der Waals surface area contributed by atoms with Crippen LogP contribution >= 0.6 is 0 Å². The number of nitrogens with one attached hydrogen (secondary N) is 2. The number of hydrogen-bond acceptors (Lipinski definition) is 4. The molecule has 0 saturated heterocycles. The van der Waals surface area contributed by atoms with Gasteiger partial charge in [-0.2, -0.15) is 20.5 Å². The highest BCUT2D eigenvalue weighted by Gasteiger charge is 2.11. The zero-order valence-electron chi connectivity index (χ0n) is 13.8. The minimum absolute atomic E-state index is 0.178. The zero-order chi connectivity index (χ0) is 17.8. The van der Waals surface area contributed by atoms with Crippen molar-refractivity contribution in [3.05, 3.63) is 84.3 Å². The van der Waals surface area contributed by atoms with Gasteiger partial charge in [0, 0.05) is 11.1 Å². The average Bonchev–Trinajstić information content (AvgIpc) is 3.39. The number of carbonyl (C=O) groups excluding carboxylic acids is 1. The molecular formula is C19H16N6O. The second-order valence-corrected chi connectivity index (χ2v) is 5.69. The van der Waals surface area contributed by atoms with Gasteiger partial charge in [0.2, 0.25) is 0 Å². The highest BCUT2D eigenvalue weighted by molar-refractivity contribution is 5.94. The highest BCUT2D eigenvalue weighted by Crippen LogP contribution is 2.22. The molecule has 26 heavy (non-hydrogen) atoms. The Kier molecular flexibility index (Phi) is 4.26. The molecule has 1 amide bonds. The van der Waals surface area contributed by atoms with E-state index < -0.39 is 0 Å². The standard InChI is InChI=1S/C19H16N6O/c26-19(20-12-16-13-21-24-23-16)15-7-4-8-17(11-15)25-18(9-10-22-25)14-5-2-1-3-6-14/h1-11,13H,12H2,(H,20,26)(H,21,23,24). The number of benzene rings is 2. The van der Waals surface area contributed by atoms with E-state index in [1.54, 1.807) is 18.5 Å². The number of aromatic nitrogens is 5. The van der Waals surface area contributed by atoms with E-state index in [1.165, 1.54) is 0 Å². The van der Waals surface area contributed by atoms with Gasteiger partial charge in [-0.05, 0) is 24.3 Å². The van der Waals surface area contributed by atoms with Gasteiger partial charge in [0.1, 0.15) is 5.69 Å². The molecule has 2 heterocycles. The third kappa shape index (κ3) is 3.23. The number of carbonyl (C=O) groups is 1. The lowest BCUT2D eigenvalue weighted by atomic mass is 10.1. The third-order valence-corrected chi connectivity index (χ3v) is 3.96. The van der Waals surface area contributed by atoms with Crippen molar-refractivity contribution in [3.8, 4) is 16.9 Å². The van der Waals surface area contributed by atoms with E-state index in [2.05, 4.69) is 25.8 Å². The van der Waals surface area contributed by atoms with Crippen molar-refractivity contribution in [1.29, 1.82) is 0 Å². The SMILES string of the molecule is O=C(NCc1cn[nH]n1)c1cccc(-n2nccc2-c2ccccc2)c1. The van der Waals surface area contributed by atoms with Crippen molar-refractivity contribution in [2.75, 3.05) is 0 Å². The van der Waals surface area contributed by atoms with Gasteiger partial charge in [-0.3, -0.25) is 4.79 Å². The summed E-state index contributed by atoms with van der Waals surface area (Å²) in [5.74, 6) is -0.178. The lowest BCUT2D eigenvalue weighted by Crippen LogP contribution is -2.23. The lowest BCUT2D eigenvalue weighted by molar-refractivity contribution is 0.0950. The van der Waals surface area contributed by atoms with Crippen LogP contribution in [-0.2, 0) is 6.54 Å². The van der Waals surface area contributed by atoms with Crippen molar-refractivity contribution >= 4 is 5.91 Å². The summed E-state index contributed by atoms with van der Waals surface area (Å²) < 4.78 is 1.82. The molecule has 0 radical (unpaired) electrons. The third-order valence-electron chi connectivity index (χ3n) is 3.96. The topological polar surface area (TPSA) is 88.5 Å². The summed E-state index contributed by atoms with van der Waals surface area (Å²) in [6, 6.07) is 19.3. The zero-order valence-corrected chi connectivity index (χ0v) is 13.8.